The van der Waals surface area contributed by atoms with Crippen LogP contribution in [-0.2, 0) is 19.1 Å². The number of esters is 1. The second-order valence-corrected chi connectivity index (χ2v) is 7.61. The van der Waals surface area contributed by atoms with Crippen LogP contribution >= 0.6 is 11.6 Å². The predicted octanol–water partition coefficient (Wildman–Crippen LogP) is 2.42. The van der Waals surface area contributed by atoms with E-state index in [1.807, 2.05) is 12.2 Å². The molecule has 1 saturated heterocycles. The first kappa shape index (κ1) is 18.7. The number of ether oxygens (including phenoxy) is 2. The lowest BCUT2D eigenvalue weighted by atomic mass is 9.85. The molecule has 7 nitrogen and oxygen atoms in total. The number of hydrogen-bond acceptors (Lipinski definition) is 6. The van der Waals surface area contributed by atoms with E-state index < -0.39 is 12.1 Å². The number of imide groups is 1. The summed E-state index contributed by atoms with van der Waals surface area (Å²) < 4.78 is 10.1. The zero-order chi connectivity index (χ0) is 20.0. The number of carbonyl (C=O) groups is 3. The highest BCUT2D eigenvalue weighted by atomic mass is 35.5. The van der Waals surface area contributed by atoms with E-state index in [1.54, 1.807) is 25.1 Å². The van der Waals surface area contributed by atoms with Crippen LogP contribution in [0.2, 0.25) is 5.02 Å². The molecule has 8 heteroatoms. The smallest absolute Gasteiger partial charge is 0.346 e. The van der Waals surface area contributed by atoms with Crippen molar-refractivity contribution in [2.24, 2.45) is 28.8 Å². The van der Waals surface area contributed by atoms with E-state index in [1.165, 1.54) is 13.3 Å². The maximum Gasteiger partial charge on any atom is 0.346 e. The number of methoxy groups -OCH3 is 1. The molecule has 0 unspecified atom stereocenters. The van der Waals surface area contributed by atoms with Gasteiger partial charge in [0.25, 0.3) is 11.8 Å². The molecular formula is C20H19ClN2O5. The van der Waals surface area contributed by atoms with Gasteiger partial charge in [0.2, 0.25) is 0 Å². The van der Waals surface area contributed by atoms with Crippen LogP contribution in [0.1, 0.15) is 18.9 Å². The summed E-state index contributed by atoms with van der Waals surface area (Å²) in [7, 11) is 1.28. The number of hydrazone groups is 1. The van der Waals surface area contributed by atoms with Gasteiger partial charge in [-0.25, -0.2) is 4.79 Å². The van der Waals surface area contributed by atoms with Crippen LogP contribution in [-0.4, -0.2) is 42.2 Å². The topological polar surface area (TPSA) is 85.3 Å². The fourth-order valence-corrected chi connectivity index (χ4v) is 4.46. The quantitative estimate of drug-likeness (QED) is 0.327. The van der Waals surface area contributed by atoms with Gasteiger partial charge in [-0.3, -0.25) is 9.59 Å². The number of halogens is 1. The number of hydrogen-bond donors (Lipinski definition) is 0. The van der Waals surface area contributed by atoms with Gasteiger partial charge in [0.15, 0.2) is 6.10 Å². The molecule has 5 atom stereocenters. The van der Waals surface area contributed by atoms with Crippen molar-refractivity contribution in [3.8, 4) is 5.75 Å². The molecule has 1 aliphatic heterocycles. The van der Waals surface area contributed by atoms with Crippen molar-refractivity contribution in [2.45, 2.75) is 19.4 Å². The third kappa shape index (κ3) is 2.99. The molecule has 2 fully saturated rings. The number of carbonyl (C=O) groups excluding carboxylic acids is 3. The fourth-order valence-electron chi connectivity index (χ4n) is 4.22. The zero-order valence-electron chi connectivity index (χ0n) is 15.4. The van der Waals surface area contributed by atoms with Crippen LogP contribution in [0, 0.1) is 23.7 Å². The number of benzene rings is 1. The SMILES string of the molecule is COC(=O)[C@@H](C)Oc1ccc(C=NN2C(=O)[C@@H]3[C@H](C2=O)[C@H]2C=C[C@H]3C2)cc1Cl. The Morgan fingerprint density at radius 3 is 2.46 bits per heavy atom. The molecule has 1 heterocycles. The summed E-state index contributed by atoms with van der Waals surface area (Å²) in [5.74, 6) is -0.924. The minimum Gasteiger partial charge on any atom is -0.477 e. The van der Waals surface area contributed by atoms with Gasteiger partial charge >= 0.3 is 5.97 Å². The van der Waals surface area contributed by atoms with E-state index >= 15 is 0 Å². The molecule has 2 bridgehead atoms. The summed E-state index contributed by atoms with van der Waals surface area (Å²) in [6.45, 7) is 1.56. The molecule has 2 aliphatic carbocycles. The molecule has 0 spiro atoms. The Kier molecular flexibility index (Phi) is 4.71. The molecule has 0 N–H and O–H groups in total. The molecule has 3 aliphatic rings. The molecule has 1 aromatic rings. The molecule has 1 saturated carbocycles. The number of rotatable bonds is 5. The maximum absolute atomic E-state index is 12.6. The van der Waals surface area contributed by atoms with Crippen molar-refractivity contribution in [3.63, 3.8) is 0 Å². The minimum atomic E-state index is -0.801. The van der Waals surface area contributed by atoms with Crippen molar-refractivity contribution < 1.29 is 23.9 Å². The average Bonchev–Trinajstić information content (AvgIpc) is 3.36. The van der Waals surface area contributed by atoms with Gasteiger partial charge in [0.1, 0.15) is 5.75 Å². The zero-order valence-corrected chi connectivity index (χ0v) is 16.1. The largest absolute Gasteiger partial charge is 0.477 e. The van der Waals surface area contributed by atoms with E-state index in [-0.39, 0.29) is 40.5 Å². The predicted molar refractivity (Wildman–Crippen MR) is 101 cm³/mol. The number of allylic oxidation sites excluding steroid dienone is 2. The first-order valence-corrected chi connectivity index (χ1v) is 9.42. The van der Waals surface area contributed by atoms with Crippen molar-refractivity contribution in [1.82, 2.24) is 5.01 Å². The molecule has 146 valence electrons. The summed E-state index contributed by atoms with van der Waals surface area (Å²) in [6.07, 6.45) is 5.58. The monoisotopic (exact) mass is 402 g/mol. The van der Waals surface area contributed by atoms with Gasteiger partial charge in [-0.2, -0.15) is 10.1 Å². The van der Waals surface area contributed by atoms with E-state index in [4.69, 9.17) is 16.3 Å². The van der Waals surface area contributed by atoms with Crippen LogP contribution in [0.5, 0.6) is 5.75 Å². The highest BCUT2D eigenvalue weighted by Gasteiger charge is 2.59. The van der Waals surface area contributed by atoms with Gasteiger partial charge in [0.05, 0.1) is 30.2 Å². The Morgan fingerprint density at radius 1 is 1.25 bits per heavy atom. The summed E-state index contributed by atoms with van der Waals surface area (Å²) in [4.78, 5) is 36.7. The molecule has 1 aromatic carbocycles. The lowest BCUT2D eigenvalue weighted by molar-refractivity contribution is -0.148. The van der Waals surface area contributed by atoms with Crippen molar-refractivity contribution in [3.05, 3.63) is 40.9 Å². The van der Waals surface area contributed by atoms with Gasteiger partial charge < -0.3 is 9.47 Å². The number of amides is 2. The Hall–Kier alpha value is -2.67. The number of fused-ring (bicyclic) bond motifs is 5. The van der Waals surface area contributed by atoms with E-state index in [2.05, 4.69) is 9.84 Å². The molecule has 0 aromatic heterocycles. The minimum absolute atomic E-state index is 0.148. The normalized spacial score (nSPS) is 28.9. The van der Waals surface area contributed by atoms with Crippen LogP contribution in [0.4, 0.5) is 0 Å². The highest BCUT2D eigenvalue weighted by Crippen LogP contribution is 2.52. The van der Waals surface area contributed by atoms with Crippen molar-refractivity contribution in [1.29, 1.82) is 0 Å². The second-order valence-electron chi connectivity index (χ2n) is 7.21. The first-order chi connectivity index (χ1) is 13.4. The summed E-state index contributed by atoms with van der Waals surface area (Å²) >= 11 is 6.20. The Morgan fingerprint density at radius 2 is 1.89 bits per heavy atom. The van der Waals surface area contributed by atoms with E-state index in [0.29, 0.717) is 11.3 Å². The lowest BCUT2D eigenvalue weighted by Crippen LogP contribution is -2.28. The standard InChI is InChI=1S/C20H19ClN2O5/c1-10(20(26)27-2)28-15-6-3-11(7-14(15)21)9-22-23-18(24)16-12-4-5-13(8-12)17(16)19(23)25/h3-7,9-10,12-13,16-17H,8H2,1-2H3/t10-,12+,13+,16-,17+/m1/s1. The molecule has 4 rings (SSSR count). The Bertz CT molecular complexity index is 882. The van der Waals surface area contributed by atoms with Gasteiger partial charge in [0, 0.05) is 0 Å². The maximum atomic E-state index is 12.6. The number of nitrogens with zero attached hydrogens (tertiary/aromatic N) is 2. The Balaban J connectivity index is 1.47. The van der Waals surface area contributed by atoms with Crippen LogP contribution < -0.4 is 4.74 Å². The van der Waals surface area contributed by atoms with Crippen LogP contribution in [0.15, 0.2) is 35.5 Å². The van der Waals surface area contributed by atoms with Gasteiger partial charge in [-0.15, -0.1) is 0 Å². The average molecular weight is 403 g/mol. The van der Waals surface area contributed by atoms with Crippen LogP contribution in [0.25, 0.3) is 0 Å². The van der Waals surface area contributed by atoms with E-state index in [9.17, 15) is 14.4 Å². The van der Waals surface area contributed by atoms with Crippen molar-refractivity contribution in [2.75, 3.05) is 7.11 Å². The molecular weight excluding hydrogens is 384 g/mol. The first-order valence-electron chi connectivity index (χ1n) is 9.05. The van der Waals surface area contributed by atoms with E-state index in [0.717, 1.165) is 11.4 Å². The summed E-state index contributed by atoms with van der Waals surface area (Å²) in [6, 6.07) is 4.85. The summed E-state index contributed by atoms with van der Waals surface area (Å²) in [5, 5.41) is 5.38. The van der Waals surface area contributed by atoms with Gasteiger partial charge in [-0.05, 0) is 48.9 Å². The van der Waals surface area contributed by atoms with Crippen LogP contribution in [0.3, 0.4) is 0 Å². The third-order valence-corrected chi connectivity index (χ3v) is 5.86. The molecule has 0 radical (unpaired) electrons. The fraction of sp³-hybridized carbons (Fsp3) is 0.400. The Labute approximate surface area is 166 Å². The van der Waals surface area contributed by atoms with Gasteiger partial charge in [-0.1, -0.05) is 23.8 Å². The summed E-state index contributed by atoms with van der Waals surface area (Å²) in [5.41, 5.74) is 0.599. The third-order valence-electron chi connectivity index (χ3n) is 5.56. The second kappa shape index (κ2) is 7.05. The molecule has 2 amide bonds. The lowest BCUT2D eigenvalue weighted by Gasteiger charge is -2.14. The molecule has 28 heavy (non-hydrogen) atoms. The highest BCUT2D eigenvalue weighted by molar-refractivity contribution is 6.32. The van der Waals surface area contributed by atoms with Crippen molar-refractivity contribution >= 4 is 35.6 Å².